The Bertz CT molecular complexity index is 490. The Labute approximate surface area is 113 Å². The normalized spacial score (nSPS) is 10.9. The zero-order valence-electron chi connectivity index (χ0n) is 11.7. The van der Waals surface area contributed by atoms with Gasteiger partial charge in [0.25, 0.3) is 0 Å². The van der Waals surface area contributed by atoms with Crippen LogP contribution in [0, 0.1) is 6.92 Å². The van der Waals surface area contributed by atoms with Crippen molar-refractivity contribution in [3.63, 3.8) is 0 Å². The molecule has 0 spiro atoms. The van der Waals surface area contributed by atoms with Gasteiger partial charge in [-0.1, -0.05) is 11.6 Å². The molecule has 1 amide bonds. The molecule has 19 heavy (non-hydrogen) atoms. The summed E-state index contributed by atoms with van der Waals surface area (Å²) < 4.78 is 0. The molecule has 1 aromatic carbocycles. The van der Waals surface area contributed by atoms with Crippen LogP contribution in [0.3, 0.4) is 0 Å². The number of carboxylic acid groups (broad SMARTS) is 1. The fourth-order valence-corrected chi connectivity index (χ4v) is 1.63. The van der Waals surface area contributed by atoms with Crippen LogP contribution in [0.1, 0.15) is 36.7 Å². The van der Waals surface area contributed by atoms with Crippen LogP contribution in [-0.4, -0.2) is 29.1 Å². The third-order valence-corrected chi connectivity index (χ3v) is 2.36. The van der Waals surface area contributed by atoms with Crippen LogP contribution < -0.4 is 10.6 Å². The number of aromatic carboxylic acids is 1. The number of carbonyl (C=O) groups excluding carboxylic acids is 1. The number of nitrogens with one attached hydrogen (secondary N) is 2. The summed E-state index contributed by atoms with van der Waals surface area (Å²) in [5.74, 6) is -1.19. The Morgan fingerprint density at radius 1 is 1.26 bits per heavy atom. The average Bonchev–Trinajstić information content (AvgIpc) is 2.24. The van der Waals surface area contributed by atoms with Gasteiger partial charge in [-0.3, -0.25) is 4.79 Å². The van der Waals surface area contributed by atoms with Gasteiger partial charge in [-0.25, -0.2) is 4.79 Å². The van der Waals surface area contributed by atoms with Crippen molar-refractivity contribution in [1.29, 1.82) is 0 Å². The Morgan fingerprint density at radius 3 is 2.42 bits per heavy atom. The quantitative estimate of drug-likeness (QED) is 0.777. The summed E-state index contributed by atoms with van der Waals surface area (Å²) in [6, 6.07) is 5.05. The Balaban J connectivity index is 2.73. The van der Waals surface area contributed by atoms with Crippen molar-refractivity contribution in [2.75, 3.05) is 11.9 Å². The van der Waals surface area contributed by atoms with Crippen LogP contribution in [0.5, 0.6) is 0 Å². The number of rotatable bonds is 4. The highest BCUT2D eigenvalue weighted by atomic mass is 16.4. The molecule has 0 saturated heterocycles. The molecule has 104 valence electrons. The molecule has 0 fully saturated rings. The van der Waals surface area contributed by atoms with Gasteiger partial charge in [-0.15, -0.1) is 0 Å². The van der Waals surface area contributed by atoms with Gasteiger partial charge < -0.3 is 15.7 Å². The second-order valence-electron chi connectivity index (χ2n) is 5.51. The molecule has 0 saturated carbocycles. The van der Waals surface area contributed by atoms with E-state index in [2.05, 4.69) is 10.6 Å². The third-order valence-electron chi connectivity index (χ3n) is 2.36. The smallest absolute Gasteiger partial charge is 0.337 e. The van der Waals surface area contributed by atoms with Crippen molar-refractivity contribution in [3.8, 4) is 0 Å². The molecular formula is C14H20N2O3. The van der Waals surface area contributed by atoms with Crippen LogP contribution >= 0.6 is 0 Å². The van der Waals surface area contributed by atoms with Crippen molar-refractivity contribution in [2.45, 2.75) is 33.2 Å². The summed E-state index contributed by atoms with van der Waals surface area (Å²) >= 11 is 0. The highest BCUT2D eigenvalue weighted by Crippen LogP contribution is 2.17. The summed E-state index contributed by atoms with van der Waals surface area (Å²) in [5, 5.41) is 14.8. The molecule has 0 unspecified atom stereocenters. The molecule has 0 heterocycles. The summed E-state index contributed by atoms with van der Waals surface area (Å²) in [7, 11) is 0. The first-order valence-electron chi connectivity index (χ1n) is 6.08. The van der Waals surface area contributed by atoms with Crippen LogP contribution in [0.25, 0.3) is 0 Å². The van der Waals surface area contributed by atoms with Gasteiger partial charge in [0.1, 0.15) is 0 Å². The van der Waals surface area contributed by atoms with Crippen molar-refractivity contribution in [1.82, 2.24) is 5.32 Å². The zero-order valence-corrected chi connectivity index (χ0v) is 11.7. The number of carboxylic acids is 1. The average molecular weight is 264 g/mol. The number of carbonyl (C=O) groups is 2. The second-order valence-corrected chi connectivity index (χ2v) is 5.51. The van der Waals surface area contributed by atoms with Crippen LogP contribution in [-0.2, 0) is 4.79 Å². The van der Waals surface area contributed by atoms with Gasteiger partial charge in [0, 0.05) is 11.2 Å². The minimum absolute atomic E-state index is 0.0423. The first-order valence-corrected chi connectivity index (χ1v) is 6.08. The molecule has 1 aromatic rings. The van der Waals surface area contributed by atoms with E-state index >= 15 is 0 Å². The molecule has 0 bridgehead atoms. The molecule has 0 aliphatic heterocycles. The summed E-state index contributed by atoms with van der Waals surface area (Å²) in [6.45, 7) is 7.53. The van der Waals surface area contributed by atoms with E-state index in [0.29, 0.717) is 5.69 Å². The molecule has 5 heteroatoms. The molecule has 5 nitrogen and oxygen atoms in total. The predicted octanol–water partition coefficient (Wildman–Crippen LogP) is 2.02. The lowest BCUT2D eigenvalue weighted by atomic mass is 10.1. The maximum Gasteiger partial charge on any atom is 0.337 e. The number of aryl methyl sites for hydroxylation is 1. The monoisotopic (exact) mass is 264 g/mol. The number of hydrogen-bond acceptors (Lipinski definition) is 3. The lowest BCUT2D eigenvalue weighted by molar-refractivity contribution is -0.120. The maximum atomic E-state index is 11.7. The summed E-state index contributed by atoms with van der Waals surface area (Å²) in [4.78, 5) is 22.8. The van der Waals surface area contributed by atoms with Crippen LogP contribution in [0.2, 0.25) is 0 Å². The lowest BCUT2D eigenvalue weighted by Gasteiger charge is -2.21. The van der Waals surface area contributed by atoms with Crippen LogP contribution in [0.15, 0.2) is 18.2 Å². The molecule has 0 aliphatic rings. The number of benzene rings is 1. The molecule has 1 rings (SSSR count). The van der Waals surface area contributed by atoms with E-state index in [1.165, 1.54) is 0 Å². The highest BCUT2D eigenvalue weighted by Gasteiger charge is 2.15. The van der Waals surface area contributed by atoms with Gasteiger partial charge >= 0.3 is 5.97 Å². The molecule has 0 aliphatic carbocycles. The molecule has 0 radical (unpaired) electrons. The Hall–Kier alpha value is -2.04. The highest BCUT2D eigenvalue weighted by molar-refractivity contribution is 5.95. The maximum absolute atomic E-state index is 11.7. The van der Waals surface area contributed by atoms with E-state index in [4.69, 9.17) is 5.11 Å². The SMILES string of the molecule is Cc1ccc(NCC(=O)NC(C)(C)C)c(C(=O)O)c1. The van der Waals surface area contributed by atoms with Crippen LogP contribution in [0.4, 0.5) is 5.69 Å². The van der Waals surface area contributed by atoms with Crippen molar-refractivity contribution in [2.24, 2.45) is 0 Å². The van der Waals surface area contributed by atoms with E-state index in [1.54, 1.807) is 18.2 Å². The molecule has 0 aromatic heterocycles. The topological polar surface area (TPSA) is 78.4 Å². The number of amides is 1. The van der Waals surface area contributed by atoms with E-state index in [0.717, 1.165) is 5.56 Å². The fraction of sp³-hybridized carbons (Fsp3) is 0.429. The van der Waals surface area contributed by atoms with Gasteiger partial charge in [0.15, 0.2) is 0 Å². The number of hydrogen-bond donors (Lipinski definition) is 3. The van der Waals surface area contributed by atoms with Crippen molar-refractivity contribution >= 4 is 17.6 Å². The molecular weight excluding hydrogens is 244 g/mol. The van der Waals surface area contributed by atoms with E-state index in [1.807, 2.05) is 27.7 Å². The largest absolute Gasteiger partial charge is 0.478 e. The Kier molecular flexibility index (Phi) is 4.53. The van der Waals surface area contributed by atoms with Gasteiger partial charge in [0.05, 0.1) is 12.1 Å². The zero-order chi connectivity index (χ0) is 14.6. The fourth-order valence-electron chi connectivity index (χ4n) is 1.63. The third kappa shape index (κ3) is 4.99. The first kappa shape index (κ1) is 15.0. The lowest BCUT2D eigenvalue weighted by Crippen LogP contribution is -2.43. The van der Waals surface area contributed by atoms with Crippen molar-refractivity contribution in [3.05, 3.63) is 29.3 Å². The Morgan fingerprint density at radius 2 is 1.89 bits per heavy atom. The van der Waals surface area contributed by atoms with Gasteiger partial charge in [-0.2, -0.15) is 0 Å². The van der Waals surface area contributed by atoms with E-state index < -0.39 is 5.97 Å². The first-order chi connectivity index (χ1) is 8.69. The summed E-state index contributed by atoms with van der Waals surface area (Å²) in [5.41, 5.74) is 1.18. The minimum atomic E-state index is -1.01. The van der Waals surface area contributed by atoms with E-state index in [9.17, 15) is 9.59 Å². The second kappa shape index (κ2) is 5.73. The van der Waals surface area contributed by atoms with Gasteiger partial charge in [-0.05, 0) is 39.8 Å². The summed E-state index contributed by atoms with van der Waals surface area (Å²) in [6.07, 6.45) is 0. The predicted molar refractivity (Wildman–Crippen MR) is 74.5 cm³/mol. The molecule has 0 atom stereocenters. The van der Waals surface area contributed by atoms with E-state index in [-0.39, 0.29) is 23.6 Å². The minimum Gasteiger partial charge on any atom is -0.478 e. The number of anilines is 1. The standard InChI is InChI=1S/C14H20N2O3/c1-9-5-6-11(10(7-9)13(18)19)15-8-12(17)16-14(2,3)4/h5-7,15H,8H2,1-4H3,(H,16,17)(H,18,19). The van der Waals surface area contributed by atoms with Gasteiger partial charge in [0.2, 0.25) is 5.91 Å². The van der Waals surface area contributed by atoms with Crippen molar-refractivity contribution < 1.29 is 14.7 Å². The molecule has 3 N–H and O–H groups in total.